The zero-order chi connectivity index (χ0) is 16.4. The van der Waals surface area contributed by atoms with Crippen LogP contribution in [0.15, 0.2) is 23.1 Å². The molecule has 3 rings (SSSR count). The molecule has 3 aromatic heterocycles. The van der Waals surface area contributed by atoms with Crippen LogP contribution in [0.3, 0.4) is 0 Å². The standard InChI is InChI=1S/C14H16N6O3/c1-9-17-18-13-14(22)19(8-11(21)15-6-7-23-2)10-4-3-5-16-12(10)20(9)13/h3-5H,6-8H2,1-2H3,(H,15,21). The molecule has 0 aromatic carbocycles. The molecule has 0 atom stereocenters. The number of fused-ring (bicyclic) bond motifs is 3. The number of hydrogen-bond acceptors (Lipinski definition) is 6. The molecule has 23 heavy (non-hydrogen) atoms. The van der Waals surface area contributed by atoms with Crippen LogP contribution in [0.4, 0.5) is 0 Å². The van der Waals surface area contributed by atoms with Crippen LogP contribution < -0.4 is 10.9 Å². The summed E-state index contributed by atoms with van der Waals surface area (Å²) in [6.45, 7) is 2.42. The number of methoxy groups -OCH3 is 1. The Balaban J connectivity index is 2.10. The van der Waals surface area contributed by atoms with Gasteiger partial charge in [-0.3, -0.25) is 18.6 Å². The summed E-state index contributed by atoms with van der Waals surface area (Å²) in [7, 11) is 1.55. The SMILES string of the molecule is COCCNC(=O)Cn1c(=O)c2nnc(C)n2c2ncccc21. The second kappa shape index (κ2) is 6.13. The zero-order valence-corrected chi connectivity index (χ0v) is 12.8. The van der Waals surface area contributed by atoms with Gasteiger partial charge in [-0.2, -0.15) is 0 Å². The smallest absolute Gasteiger partial charge is 0.297 e. The minimum atomic E-state index is -0.381. The van der Waals surface area contributed by atoms with Crippen molar-refractivity contribution in [2.45, 2.75) is 13.5 Å². The van der Waals surface area contributed by atoms with E-state index in [1.807, 2.05) is 0 Å². The van der Waals surface area contributed by atoms with Crippen molar-refractivity contribution in [1.82, 2.24) is 29.5 Å². The van der Waals surface area contributed by atoms with E-state index in [0.717, 1.165) is 0 Å². The Kier molecular flexibility index (Phi) is 4.02. The quantitative estimate of drug-likeness (QED) is 0.637. The molecule has 0 saturated heterocycles. The summed E-state index contributed by atoms with van der Waals surface area (Å²) in [4.78, 5) is 29.0. The molecule has 9 nitrogen and oxygen atoms in total. The molecule has 3 aromatic rings. The molecule has 0 radical (unpaired) electrons. The molecule has 3 heterocycles. The average Bonchev–Trinajstić information content (AvgIpc) is 2.94. The first-order chi connectivity index (χ1) is 11.1. The predicted octanol–water partition coefficient (Wildman–Crippen LogP) is -0.490. The van der Waals surface area contributed by atoms with Gasteiger partial charge in [0.05, 0.1) is 12.1 Å². The number of ether oxygens (including phenoxy) is 1. The highest BCUT2D eigenvalue weighted by molar-refractivity contribution is 5.80. The molecule has 1 amide bonds. The van der Waals surface area contributed by atoms with E-state index in [1.54, 1.807) is 36.8 Å². The molecular weight excluding hydrogens is 300 g/mol. The fourth-order valence-corrected chi connectivity index (χ4v) is 2.40. The summed E-state index contributed by atoms with van der Waals surface area (Å²) in [5, 5.41) is 10.5. The van der Waals surface area contributed by atoms with Gasteiger partial charge >= 0.3 is 0 Å². The summed E-state index contributed by atoms with van der Waals surface area (Å²) in [6, 6.07) is 3.46. The number of nitrogens with zero attached hydrogens (tertiary/aromatic N) is 5. The number of carbonyl (C=O) groups excluding carboxylic acids is 1. The normalized spacial score (nSPS) is 11.2. The molecule has 0 aliphatic carbocycles. The first kappa shape index (κ1) is 15.1. The van der Waals surface area contributed by atoms with Gasteiger partial charge in [0.1, 0.15) is 12.4 Å². The van der Waals surface area contributed by atoms with Crippen LogP contribution in [0.25, 0.3) is 16.8 Å². The Labute approximate surface area is 130 Å². The van der Waals surface area contributed by atoms with Gasteiger partial charge in [0.2, 0.25) is 11.6 Å². The largest absolute Gasteiger partial charge is 0.383 e. The van der Waals surface area contributed by atoms with E-state index in [2.05, 4.69) is 20.5 Å². The van der Waals surface area contributed by atoms with E-state index in [0.29, 0.717) is 30.1 Å². The van der Waals surface area contributed by atoms with E-state index in [1.165, 1.54) is 4.57 Å². The number of amides is 1. The van der Waals surface area contributed by atoms with Crippen molar-refractivity contribution in [1.29, 1.82) is 0 Å². The van der Waals surface area contributed by atoms with Gasteiger partial charge in [0.25, 0.3) is 5.56 Å². The lowest BCUT2D eigenvalue weighted by Crippen LogP contribution is -2.35. The number of aromatic nitrogens is 5. The number of aryl methyl sites for hydroxylation is 1. The lowest BCUT2D eigenvalue weighted by atomic mass is 10.3. The highest BCUT2D eigenvalue weighted by Crippen LogP contribution is 2.12. The Bertz CT molecular complexity index is 929. The van der Waals surface area contributed by atoms with Crippen molar-refractivity contribution in [3.8, 4) is 0 Å². The van der Waals surface area contributed by atoms with Crippen LogP contribution in [-0.4, -0.2) is 50.3 Å². The average molecular weight is 316 g/mol. The van der Waals surface area contributed by atoms with Crippen molar-refractivity contribution in [2.75, 3.05) is 20.3 Å². The number of hydrogen-bond donors (Lipinski definition) is 1. The third-order valence-corrected chi connectivity index (χ3v) is 3.46. The highest BCUT2D eigenvalue weighted by atomic mass is 16.5. The third-order valence-electron chi connectivity index (χ3n) is 3.46. The fraction of sp³-hybridized carbons (Fsp3) is 0.357. The first-order valence-electron chi connectivity index (χ1n) is 7.08. The zero-order valence-electron chi connectivity index (χ0n) is 12.8. The summed E-state index contributed by atoms with van der Waals surface area (Å²) >= 11 is 0. The predicted molar refractivity (Wildman–Crippen MR) is 82.2 cm³/mol. The maximum Gasteiger partial charge on any atom is 0.297 e. The van der Waals surface area contributed by atoms with Gasteiger partial charge < -0.3 is 10.1 Å². The van der Waals surface area contributed by atoms with Gasteiger partial charge in [0, 0.05) is 19.9 Å². The van der Waals surface area contributed by atoms with E-state index < -0.39 is 0 Å². The fourth-order valence-electron chi connectivity index (χ4n) is 2.40. The monoisotopic (exact) mass is 316 g/mol. The summed E-state index contributed by atoms with van der Waals surface area (Å²) in [6.07, 6.45) is 1.62. The number of pyridine rings is 1. The third kappa shape index (κ3) is 2.66. The van der Waals surface area contributed by atoms with Crippen molar-refractivity contribution in [3.63, 3.8) is 0 Å². The van der Waals surface area contributed by atoms with E-state index in [4.69, 9.17) is 4.74 Å². The Morgan fingerprint density at radius 3 is 2.96 bits per heavy atom. The molecule has 0 unspecified atom stereocenters. The molecule has 9 heteroatoms. The molecule has 0 saturated carbocycles. The lowest BCUT2D eigenvalue weighted by Gasteiger charge is -2.11. The second-order valence-corrected chi connectivity index (χ2v) is 4.99. The number of nitrogens with one attached hydrogen (secondary N) is 1. The molecule has 0 aliphatic heterocycles. The number of carbonyl (C=O) groups is 1. The molecular formula is C14H16N6O3. The van der Waals surface area contributed by atoms with E-state index >= 15 is 0 Å². The van der Waals surface area contributed by atoms with E-state index in [9.17, 15) is 9.59 Å². The van der Waals surface area contributed by atoms with Crippen molar-refractivity contribution >= 4 is 22.7 Å². The van der Waals surface area contributed by atoms with Crippen LogP contribution in [-0.2, 0) is 16.1 Å². The summed E-state index contributed by atoms with van der Waals surface area (Å²) < 4.78 is 7.83. The summed E-state index contributed by atoms with van der Waals surface area (Å²) in [5.74, 6) is 0.285. The number of rotatable bonds is 5. The molecule has 1 N–H and O–H groups in total. The van der Waals surface area contributed by atoms with Crippen LogP contribution in [0.2, 0.25) is 0 Å². The minimum Gasteiger partial charge on any atom is -0.383 e. The Morgan fingerprint density at radius 1 is 1.35 bits per heavy atom. The van der Waals surface area contributed by atoms with Gasteiger partial charge in [-0.05, 0) is 19.1 Å². The van der Waals surface area contributed by atoms with Crippen molar-refractivity contribution in [2.24, 2.45) is 0 Å². The van der Waals surface area contributed by atoms with Crippen molar-refractivity contribution in [3.05, 3.63) is 34.5 Å². The molecule has 0 spiro atoms. The van der Waals surface area contributed by atoms with Crippen LogP contribution in [0.5, 0.6) is 0 Å². The molecule has 120 valence electrons. The van der Waals surface area contributed by atoms with Crippen LogP contribution >= 0.6 is 0 Å². The lowest BCUT2D eigenvalue weighted by molar-refractivity contribution is -0.121. The second-order valence-electron chi connectivity index (χ2n) is 4.99. The van der Waals surface area contributed by atoms with Crippen molar-refractivity contribution < 1.29 is 9.53 Å². The molecule has 0 aliphatic rings. The first-order valence-corrected chi connectivity index (χ1v) is 7.08. The maximum atomic E-state index is 12.6. The Morgan fingerprint density at radius 2 is 2.17 bits per heavy atom. The van der Waals surface area contributed by atoms with Crippen LogP contribution in [0, 0.1) is 6.92 Å². The van der Waals surface area contributed by atoms with Gasteiger partial charge in [0.15, 0.2) is 5.65 Å². The van der Waals surface area contributed by atoms with Gasteiger partial charge in [-0.15, -0.1) is 10.2 Å². The topological polar surface area (TPSA) is 103 Å². The molecule has 0 fully saturated rings. The Hall–Kier alpha value is -2.81. The van der Waals surface area contributed by atoms with Gasteiger partial charge in [-0.25, -0.2) is 4.98 Å². The maximum absolute atomic E-state index is 12.6. The minimum absolute atomic E-state index is 0.118. The van der Waals surface area contributed by atoms with Crippen LogP contribution in [0.1, 0.15) is 5.82 Å². The van der Waals surface area contributed by atoms with E-state index in [-0.39, 0.29) is 23.7 Å². The highest BCUT2D eigenvalue weighted by Gasteiger charge is 2.16. The molecule has 0 bridgehead atoms. The van der Waals surface area contributed by atoms with Gasteiger partial charge in [-0.1, -0.05) is 0 Å². The summed E-state index contributed by atoms with van der Waals surface area (Å²) in [5.41, 5.74) is 0.857.